The summed E-state index contributed by atoms with van der Waals surface area (Å²) in [7, 11) is 0. The van der Waals surface area contributed by atoms with E-state index in [1.165, 1.54) is 6.07 Å². The van der Waals surface area contributed by atoms with Gasteiger partial charge < -0.3 is 9.55 Å². The van der Waals surface area contributed by atoms with Gasteiger partial charge in [0, 0.05) is 6.07 Å². The van der Waals surface area contributed by atoms with Crippen molar-refractivity contribution in [2.75, 3.05) is 0 Å². The smallest absolute Gasteiger partial charge is 0.178 e. The quantitative estimate of drug-likeness (QED) is 0.701. The number of fused-ring (bicyclic) bond motifs is 1. The number of H-pyrrole nitrogens is 1. The predicted octanol–water partition coefficient (Wildman–Crippen LogP) is 4.03. The van der Waals surface area contributed by atoms with Crippen LogP contribution in [0.3, 0.4) is 0 Å². The molecule has 2 aromatic carbocycles. The predicted molar refractivity (Wildman–Crippen MR) is 72.6 cm³/mol. The SMILES string of the molecule is Fc1cc(F)c2[nH]c(=S)n(Cc3ccccc3)c2c1. The summed E-state index contributed by atoms with van der Waals surface area (Å²) in [6.45, 7) is 0.475. The zero-order valence-electron chi connectivity index (χ0n) is 9.86. The van der Waals surface area contributed by atoms with Gasteiger partial charge in [-0.1, -0.05) is 30.3 Å². The number of aromatic amines is 1. The van der Waals surface area contributed by atoms with Crippen LogP contribution in [0, 0.1) is 16.4 Å². The number of rotatable bonds is 2. The number of halogens is 2. The normalized spacial score (nSPS) is 11.1. The average molecular weight is 276 g/mol. The molecular formula is C14H10F2N2S. The van der Waals surface area contributed by atoms with E-state index in [2.05, 4.69) is 4.98 Å². The van der Waals surface area contributed by atoms with Crippen LogP contribution < -0.4 is 0 Å². The van der Waals surface area contributed by atoms with Crippen molar-refractivity contribution in [1.29, 1.82) is 0 Å². The van der Waals surface area contributed by atoms with E-state index in [0.29, 0.717) is 16.8 Å². The minimum absolute atomic E-state index is 0.238. The first-order chi connectivity index (χ1) is 9.15. The number of benzene rings is 2. The van der Waals surface area contributed by atoms with Crippen molar-refractivity contribution in [2.24, 2.45) is 0 Å². The van der Waals surface area contributed by atoms with Gasteiger partial charge in [-0.15, -0.1) is 0 Å². The van der Waals surface area contributed by atoms with Crippen molar-refractivity contribution in [2.45, 2.75) is 6.54 Å². The first-order valence-corrected chi connectivity index (χ1v) is 6.17. The molecule has 0 radical (unpaired) electrons. The molecule has 0 amide bonds. The number of nitrogens with one attached hydrogen (secondary N) is 1. The first kappa shape index (κ1) is 12.0. The fourth-order valence-electron chi connectivity index (χ4n) is 2.10. The topological polar surface area (TPSA) is 20.7 Å². The van der Waals surface area contributed by atoms with E-state index >= 15 is 0 Å². The highest BCUT2D eigenvalue weighted by molar-refractivity contribution is 7.71. The Hall–Kier alpha value is -2.01. The summed E-state index contributed by atoms with van der Waals surface area (Å²) in [5.41, 5.74) is 1.69. The van der Waals surface area contributed by atoms with E-state index < -0.39 is 11.6 Å². The van der Waals surface area contributed by atoms with Crippen molar-refractivity contribution < 1.29 is 8.78 Å². The summed E-state index contributed by atoms with van der Waals surface area (Å²) in [4.78, 5) is 2.78. The molecule has 3 rings (SSSR count). The van der Waals surface area contributed by atoms with E-state index in [1.54, 1.807) is 4.57 Å². The number of imidazole rings is 1. The summed E-state index contributed by atoms with van der Waals surface area (Å²) < 4.78 is 29.0. The molecule has 1 heterocycles. The lowest BCUT2D eigenvalue weighted by atomic mass is 10.2. The second-order valence-corrected chi connectivity index (χ2v) is 4.67. The molecule has 0 spiro atoms. The molecule has 19 heavy (non-hydrogen) atoms. The van der Waals surface area contributed by atoms with Crippen LogP contribution >= 0.6 is 12.2 Å². The Morgan fingerprint density at radius 2 is 1.84 bits per heavy atom. The maximum absolute atomic E-state index is 13.6. The standard InChI is InChI=1S/C14H10F2N2S/c15-10-6-11(16)13-12(7-10)18(14(19)17-13)8-9-4-2-1-3-5-9/h1-7H,8H2,(H,17,19). The molecule has 0 saturated heterocycles. The van der Waals surface area contributed by atoms with Crippen LogP contribution in [0.25, 0.3) is 11.0 Å². The summed E-state index contributed by atoms with van der Waals surface area (Å²) in [6, 6.07) is 11.8. The third kappa shape index (κ3) is 2.17. The van der Waals surface area contributed by atoms with Gasteiger partial charge in [-0.3, -0.25) is 0 Å². The molecule has 2 nitrogen and oxygen atoms in total. The summed E-state index contributed by atoms with van der Waals surface area (Å²) >= 11 is 5.17. The second-order valence-electron chi connectivity index (χ2n) is 4.28. The highest BCUT2D eigenvalue weighted by atomic mass is 32.1. The highest BCUT2D eigenvalue weighted by Crippen LogP contribution is 2.20. The molecule has 0 fully saturated rings. The van der Waals surface area contributed by atoms with Crippen molar-refractivity contribution >= 4 is 23.3 Å². The monoisotopic (exact) mass is 276 g/mol. The van der Waals surface area contributed by atoms with Gasteiger partial charge in [0.15, 0.2) is 10.6 Å². The van der Waals surface area contributed by atoms with Gasteiger partial charge in [-0.05, 0) is 23.8 Å². The van der Waals surface area contributed by atoms with Gasteiger partial charge in [-0.25, -0.2) is 8.78 Å². The molecule has 0 aliphatic heterocycles. The Kier molecular flexibility index (Phi) is 2.91. The van der Waals surface area contributed by atoms with E-state index in [-0.39, 0.29) is 5.52 Å². The van der Waals surface area contributed by atoms with Crippen molar-refractivity contribution in [1.82, 2.24) is 9.55 Å². The number of hydrogen-bond donors (Lipinski definition) is 1. The first-order valence-electron chi connectivity index (χ1n) is 5.76. The maximum atomic E-state index is 13.6. The Labute approximate surface area is 113 Å². The molecule has 0 aliphatic rings. The minimum Gasteiger partial charge on any atom is -0.328 e. The number of nitrogens with zero attached hydrogens (tertiary/aromatic N) is 1. The second kappa shape index (κ2) is 4.59. The average Bonchev–Trinajstić information content (AvgIpc) is 2.69. The number of aromatic nitrogens is 2. The van der Waals surface area contributed by atoms with Crippen LogP contribution in [0.5, 0.6) is 0 Å². The van der Waals surface area contributed by atoms with Crippen LogP contribution in [0.4, 0.5) is 8.78 Å². The van der Waals surface area contributed by atoms with Crippen LogP contribution in [-0.4, -0.2) is 9.55 Å². The molecule has 0 atom stereocenters. The Balaban J connectivity index is 2.18. The van der Waals surface area contributed by atoms with Gasteiger partial charge in [-0.2, -0.15) is 0 Å². The summed E-state index contributed by atoms with van der Waals surface area (Å²) in [6.07, 6.45) is 0. The molecule has 0 saturated carbocycles. The van der Waals surface area contributed by atoms with Crippen LogP contribution in [0.1, 0.15) is 5.56 Å². The zero-order valence-corrected chi connectivity index (χ0v) is 10.7. The van der Waals surface area contributed by atoms with Gasteiger partial charge in [0.25, 0.3) is 0 Å². The lowest BCUT2D eigenvalue weighted by molar-refractivity contribution is 0.590. The van der Waals surface area contributed by atoms with Crippen molar-refractivity contribution in [3.8, 4) is 0 Å². The fraction of sp³-hybridized carbons (Fsp3) is 0.0714. The molecule has 1 N–H and O–H groups in total. The molecule has 1 aromatic heterocycles. The Morgan fingerprint density at radius 1 is 1.11 bits per heavy atom. The summed E-state index contributed by atoms with van der Waals surface area (Å²) in [5, 5.41) is 0. The highest BCUT2D eigenvalue weighted by Gasteiger charge is 2.11. The van der Waals surface area contributed by atoms with E-state index in [9.17, 15) is 8.78 Å². The fourth-order valence-corrected chi connectivity index (χ4v) is 2.37. The maximum Gasteiger partial charge on any atom is 0.178 e. The third-order valence-corrected chi connectivity index (χ3v) is 3.31. The Bertz CT molecular complexity index is 790. The largest absolute Gasteiger partial charge is 0.328 e. The van der Waals surface area contributed by atoms with Crippen molar-refractivity contribution in [3.63, 3.8) is 0 Å². The molecular weight excluding hydrogens is 266 g/mol. The lowest BCUT2D eigenvalue weighted by Crippen LogP contribution is -1.99. The van der Waals surface area contributed by atoms with Gasteiger partial charge in [0.1, 0.15) is 11.3 Å². The zero-order chi connectivity index (χ0) is 13.4. The summed E-state index contributed by atoms with van der Waals surface area (Å²) in [5.74, 6) is -1.24. The molecule has 3 aromatic rings. The molecule has 0 aliphatic carbocycles. The molecule has 0 bridgehead atoms. The molecule has 0 unspecified atom stereocenters. The van der Waals surface area contributed by atoms with Crippen LogP contribution in [0.2, 0.25) is 0 Å². The number of hydrogen-bond acceptors (Lipinski definition) is 1. The Morgan fingerprint density at radius 3 is 2.58 bits per heavy atom. The van der Waals surface area contributed by atoms with Crippen molar-refractivity contribution in [3.05, 3.63) is 64.4 Å². The van der Waals surface area contributed by atoms with Gasteiger partial charge in [0.05, 0.1) is 12.1 Å². The lowest BCUT2D eigenvalue weighted by Gasteiger charge is -2.04. The van der Waals surface area contributed by atoms with E-state index in [1.807, 2.05) is 30.3 Å². The van der Waals surface area contributed by atoms with Crippen LogP contribution in [0.15, 0.2) is 42.5 Å². The van der Waals surface area contributed by atoms with Crippen LogP contribution in [-0.2, 0) is 6.54 Å². The minimum atomic E-state index is -0.632. The third-order valence-electron chi connectivity index (χ3n) is 2.99. The van der Waals surface area contributed by atoms with Gasteiger partial charge in [0.2, 0.25) is 0 Å². The van der Waals surface area contributed by atoms with E-state index in [4.69, 9.17) is 12.2 Å². The molecule has 5 heteroatoms. The van der Waals surface area contributed by atoms with E-state index in [0.717, 1.165) is 11.6 Å². The van der Waals surface area contributed by atoms with Gasteiger partial charge >= 0.3 is 0 Å². The molecule has 96 valence electrons.